The van der Waals surface area contributed by atoms with Crippen LogP contribution in [-0.4, -0.2) is 19.0 Å². The lowest BCUT2D eigenvalue weighted by atomic mass is 10.1. The first-order valence-electron chi connectivity index (χ1n) is 7.15. The van der Waals surface area contributed by atoms with Crippen molar-refractivity contribution in [2.45, 2.75) is 13.0 Å². The number of nitrogens with two attached hydrogens (primary N) is 1. The van der Waals surface area contributed by atoms with Crippen molar-refractivity contribution in [3.63, 3.8) is 0 Å². The van der Waals surface area contributed by atoms with E-state index in [-0.39, 0.29) is 5.91 Å². The van der Waals surface area contributed by atoms with E-state index in [9.17, 15) is 4.79 Å². The second-order valence-electron chi connectivity index (χ2n) is 4.86. The van der Waals surface area contributed by atoms with Crippen LogP contribution in [-0.2, 0) is 6.54 Å². The molecule has 2 aromatic carbocycles. The van der Waals surface area contributed by atoms with Gasteiger partial charge < -0.3 is 16.4 Å². The molecule has 1 amide bonds. The molecular formula is C17H21N3O. The summed E-state index contributed by atoms with van der Waals surface area (Å²) < 4.78 is 0. The summed E-state index contributed by atoms with van der Waals surface area (Å²) in [6.45, 7) is 2.34. The van der Waals surface area contributed by atoms with Crippen LogP contribution in [0.3, 0.4) is 0 Å². The van der Waals surface area contributed by atoms with Gasteiger partial charge in [0, 0.05) is 18.8 Å². The predicted molar refractivity (Wildman–Crippen MR) is 86.0 cm³/mol. The first-order valence-corrected chi connectivity index (χ1v) is 7.15. The SMILES string of the molecule is Nc1ccccc1C(=O)NCCCNCc1ccccc1. The third-order valence-corrected chi connectivity index (χ3v) is 3.19. The molecule has 110 valence electrons. The molecule has 0 aliphatic rings. The van der Waals surface area contributed by atoms with Gasteiger partial charge in [-0.1, -0.05) is 42.5 Å². The second kappa shape index (κ2) is 8.07. The van der Waals surface area contributed by atoms with Crippen LogP contribution in [0.5, 0.6) is 0 Å². The van der Waals surface area contributed by atoms with Gasteiger partial charge >= 0.3 is 0 Å². The highest BCUT2D eigenvalue weighted by molar-refractivity contribution is 5.98. The molecule has 4 N–H and O–H groups in total. The number of para-hydroxylation sites is 1. The molecule has 0 aromatic heterocycles. The summed E-state index contributed by atoms with van der Waals surface area (Å²) in [6, 6.07) is 17.3. The molecule has 4 nitrogen and oxygen atoms in total. The van der Waals surface area contributed by atoms with Crippen molar-refractivity contribution in [2.75, 3.05) is 18.8 Å². The Morgan fingerprint density at radius 3 is 2.43 bits per heavy atom. The van der Waals surface area contributed by atoms with Crippen molar-refractivity contribution in [3.05, 3.63) is 65.7 Å². The van der Waals surface area contributed by atoms with E-state index < -0.39 is 0 Å². The van der Waals surface area contributed by atoms with Gasteiger partial charge in [0.1, 0.15) is 0 Å². The van der Waals surface area contributed by atoms with Crippen molar-refractivity contribution < 1.29 is 4.79 Å². The molecule has 4 heteroatoms. The maximum atomic E-state index is 11.9. The average Bonchev–Trinajstić information content (AvgIpc) is 2.52. The van der Waals surface area contributed by atoms with Crippen LogP contribution in [0.1, 0.15) is 22.3 Å². The average molecular weight is 283 g/mol. The molecule has 0 heterocycles. The number of hydrogen-bond acceptors (Lipinski definition) is 3. The molecule has 0 spiro atoms. The summed E-state index contributed by atoms with van der Waals surface area (Å²) in [5.74, 6) is -0.115. The van der Waals surface area contributed by atoms with Crippen molar-refractivity contribution in [2.24, 2.45) is 0 Å². The van der Waals surface area contributed by atoms with Gasteiger partial charge in [0.05, 0.1) is 5.56 Å². The minimum atomic E-state index is -0.115. The standard InChI is InChI=1S/C17H21N3O/c18-16-10-5-4-9-15(16)17(21)20-12-6-11-19-13-14-7-2-1-3-8-14/h1-5,7-10,19H,6,11-13,18H2,(H,20,21). The van der Waals surface area contributed by atoms with Gasteiger partial charge in [0.15, 0.2) is 0 Å². The number of benzene rings is 2. The number of nitrogen functional groups attached to an aromatic ring is 1. The van der Waals surface area contributed by atoms with E-state index in [4.69, 9.17) is 5.73 Å². The van der Waals surface area contributed by atoms with E-state index in [2.05, 4.69) is 22.8 Å². The quantitative estimate of drug-likeness (QED) is 0.539. The Morgan fingerprint density at radius 2 is 1.67 bits per heavy atom. The zero-order valence-electron chi connectivity index (χ0n) is 12.0. The van der Waals surface area contributed by atoms with E-state index in [1.165, 1.54) is 5.56 Å². The maximum Gasteiger partial charge on any atom is 0.253 e. The van der Waals surface area contributed by atoms with Gasteiger partial charge in [-0.15, -0.1) is 0 Å². The van der Waals surface area contributed by atoms with Gasteiger partial charge in [0.25, 0.3) is 5.91 Å². The van der Waals surface area contributed by atoms with Crippen molar-refractivity contribution in [1.82, 2.24) is 10.6 Å². The molecule has 0 saturated carbocycles. The summed E-state index contributed by atoms with van der Waals surface area (Å²) in [5, 5.41) is 6.23. The maximum absolute atomic E-state index is 11.9. The molecule has 0 unspecified atom stereocenters. The number of hydrogen-bond donors (Lipinski definition) is 3. The molecule has 21 heavy (non-hydrogen) atoms. The van der Waals surface area contributed by atoms with Crippen LogP contribution in [0.15, 0.2) is 54.6 Å². The van der Waals surface area contributed by atoms with Crippen LogP contribution in [0.4, 0.5) is 5.69 Å². The fourth-order valence-electron chi connectivity index (χ4n) is 2.04. The van der Waals surface area contributed by atoms with E-state index in [0.29, 0.717) is 17.8 Å². The Balaban J connectivity index is 1.62. The number of carbonyl (C=O) groups is 1. The number of amides is 1. The number of carbonyl (C=O) groups excluding carboxylic acids is 1. The molecule has 0 aliphatic heterocycles. The lowest BCUT2D eigenvalue weighted by Crippen LogP contribution is -2.27. The van der Waals surface area contributed by atoms with Gasteiger partial charge in [-0.2, -0.15) is 0 Å². The third-order valence-electron chi connectivity index (χ3n) is 3.19. The number of nitrogens with one attached hydrogen (secondary N) is 2. The Morgan fingerprint density at radius 1 is 0.952 bits per heavy atom. The molecule has 0 aliphatic carbocycles. The van der Waals surface area contributed by atoms with Crippen molar-refractivity contribution >= 4 is 11.6 Å². The lowest BCUT2D eigenvalue weighted by molar-refractivity contribution is 0.0954. The topological polar surface area (TPSA) is 67.2 Å². The number of rotatable bonds is 7. The van der Waals surface area contributed by atoms with E-state index in [1.807, 2.05) is 30.3 Å². The van der Waals surface area contributed by atoms with Crippen LogP contribution >= 0.6 is 0 Å². The second-order valence-corrected chi connectivity index (χ2v) is 4.86. The van der Waals surface area contributed by atoms with Crippen molar-refractivity contribution in [1.29, 1.82) is 0 Å². The summed E-state index contributed by atoms with van der Waals surface area (Å²) in [5.41, 5.74) is 8.08. The highest BCUT2D eigenvalue weighted by Gasteiger charge is 2.07. The fourth-order valence-corrected chi connectivity index (χ4v) is 2.04. The van der Waals surface area contributed by atoms with E-state index in [1.54, 1.807) is 12.1 Å². The van der Waals surface area contributed by atoms with Crippen LogP contribution in [0.2, 0.25) is 0 Å². The number of anilines is 1. The Hall–Kier alpha value is -2.33. The van der Waals surface area contributed by atoms with E-state index >= 15 is 0 Å². The lowest BCUT2D eigenvalue weighted by Gasteiger charge is -2.08. The molecule has 0 bridgehead atoms. The smallest absolute Gasteiger partial charge is 0.253 e. The normalized spacial score (nSPS) is 10.3. The summed E-state index contributed by atoms with van der Waals surface area (Å²) in [6.07, 6.45) is 0.880. The van der Waals surface area contributed by atoms with Crippen LogP contribution in [0, 0.1) is 0 Å². The molecular weight excluding hydrogens is 262 g/mol. The van der Waals surface area contributed by atoms with Gasteiger partial charge in [0.2, 0.25) is 0 Å². The summed E-state index contributed by atoms with van der Waals surface area (Å²) in [7, 11) is 0. The summed E-state index contributed by atoms with van der Waals surface area (Å²) >= 11 is 0. The molecule has 2 rings (SSSR count). The minimum Gasteiger partial charge on any atom is -0.398 e. The Bertz CT molecular complexity index is 569. The minimum absolute atomic E-state index is 0.115. The van der Waals surface area contributed by atoms with Gasteiger partial charge in [-0.25, -0.2) is 0 Å². The van der Waals surface area contributed by atoms with Gasteiger partial charge in [-0.05, 0) is 30.7 Å². The van der Waals surface area contributed by atoms with E-state index in [0.717, 1.165) is 19.5 Å². The van der Waals surface area contributed by atoms with Gasteiger partial charge in [-0.3, -0.25) is 4.79 Å². The monoisotopic (exact) mass is 283 g/mol. The molecule has 0 radical (unpaired) electrons. The zero-order chi connectivity index (χ0) is 14.9. The van der Waals surface area contributed by atoms with Crippen molar-refractivity contribution in [3.8, 4) is 0 Å². The molecule has 0 atom stereocenters. The summed E-state index contributed by atoms with van der Waals surface area (Å²) in [4.78, 5) is 11.9. The molecule has 0 fully saturated rings. The first kappa shape index (κ1) is 15.1. The molecule has 0 saturated heterocycles. The Labute approximate surface area is 125 Å². The van der Waals surface area contributed by atoms with Crippen LogP contribution in [0.25, 0.3) is 0 Å². The Kier molecular flexibility index (Phi) is 5.79. The predicted octanol–water partition coefficient (Wildman–Crippen LogP) is 2.18. The molecule has 2 aromatic rings. The fraction of sp³-hybridized carbons (Fsp3) is 0.235. The highest BCUT2D eigenvalue weighted by atomic mass is 16.1. The third kappa shape index (κ3) is 4.93. The first-order chi connectivity index (χ1) is 10.3. The van der Waals surface area contributed by atoms with Crippen LogP contribution < -0.4 is 16.4 Å². The zero-order valence-corrected chi connectivity index (χ0v) is 12.0. The highest BCUT2D eigenvalue weighted by Crippen LogP contribution is 2.09. The largest absolute Gasteiger partial charge is 0.398 e.